The zero-order valence-corrected chi connectivity index (χ0v) is 9.60. The third-order valence-electron chi connectivity index (χ3n) is 2.47. The molecule has 4 N–H and O–H groups in total. The van der Waals surface area contributed by atoms with Crippen molar-refractivity contribution < 1.29 is 9.90 Å². The molecule has 88 valence electrons. The molecule has 4 nitrogen and oxygen atoms in total. The predicted molar refractivity (Wildman–Crippen MR) is 62.8 cm³/mol. The maximum atomic E-state index is 11.6. The second kappa shape index (κ2) is 5.51. The average molecular weight is 222 g/mol. The van der Waals surface area contributed by atoms with Gasteiger partial charge in [-0.15, -0.1) is 0 Å². The largest absolute Gasteiger partial charge is 0.508 e. The zero-order chi connectivity index (χ0) is 12.1. The van der Waals surface area contributed by atoms with Crippen molar-refractivity contribution >= 4 is 5.91 Å². The molecule has 0 bridgehead atoms. The third kappa shape index (κ3) is 3.24. The normalized spacial score (nSPS) is 12.5. The molecule has 16 heavy (non-hydrogen) atoms. The molecule has 0 aliphatic carbocycles. The van der Waals surface area contributed by atoms with Crippen LogP contribution < -0.4 is 11.1 Å². The molecule has 1 atom stereocenters. The number of carbonyl (C=O) groups is 1. The van der Waals surface area contributed by atoms with Crippen molar-refractivity contribution in [3.05, 3.63) is 29.8 Å². The van der Waals surface area contributed by atoms with Gasteiger partial charge in [-0.25, -0.2) is 0 Å². The number of nitrogens with one attached hydrogen (secondary N) is 1. The molecule has 0 aliphatic rings. The average Bonchev–Trinajstić information content (AvgIpc) is 2.26. The second-order valence-electron chi connectivity index (χ2n) is 4.12. The first kappa shape index (κ1) is 12.5. The van der Waals surface area contributed by atoms with Crippen LogP contribution in [0, 0.1) is 5.92 Å². The van der Waals surface area contributed by atoms with E-state index in [1.54, 1.807) is 18.2 Å². The Kier molecular flexibility index (Phi) is 4.31. The molecule has 0 saturated carbocycles. The lowest BCUT2D eigenvalue weighted by Gasteiger charge is -2.15. The number of benzene rings is 1. The Hall–Kier alpha value is -1.55. The van der Waals surface area contributed by atoms with Gasteiger partial charge in [0.2, 0.25) is 5.91 Å². The molecular formula is C12H18N2O2. The van der Waals surface area contributed by atoms with Crippen LogP contribution in [0.4, 0.5) is 0 Å². The van der Waals surface area contributed by atoms with Crippen molar-refractivity contribution in [2.75, 3.05) is 0 Å². The summed E-state index contributed by atoms with van der Waals surface area (Å²) in [7, 11) is 0. The first-order valence-corrected chi connectivity index (χ1v) is 5.32. The molecule has 0 saturated heterocycles. The van der Waals surface area contributed by atoms with Gasteiger partial charge in [-0.1, -0.05) is 32.0 Å². The lowest BCUT2D eigenvalue weighted by Crippen LogP contribution is -2.43. The molecule has 0 aromatic heterocycles. The van der Waals surface area contributed by atoms with Crippen LogP contribution in [0.5, 0.6) is 5.75 Å². The minimum atomic E-state index is -0.508. The molecule has 0 fully saturated rings. The molecule has 0 spiro atoms. The van der Waals surface area contributed by atoms with Crippen molar-refractivity contribution in [1.29, 1.82) is 0 Å². The Morgan fingerprint density at radius 3 is 2.62 bits per heavy atom. The highest BCUT2D eigenvalue weighted by atomic mass is 16.3. The quantitative estimate of drug-likeness (QED) is 0.711. The molecule has 1 rings (SSSR count). The number of hydrogen-bond acceptors (Lipinski definition) is 3. The molecule has 4 heteroatoms. The highest BCUT2D eigenvalue weighted by molar-refractivity contribution is 5.81. The lowest BCUT2D eigenvalue weighted by atomic mass is 10.0. The zero-order valence-electron chi connectivity index (χ0n) is 9.60. The Labute approximate surface area is 95.5 Å². The van der Waals surface area contributed by atoms with Gasteiger partial charge in [-0.3, -0.25) is 4.79 Å². The summed E-state index contributed by atoms with van der Waals surface area (Å²) in [6.45, 7) is 4.08. The van der Waals surface area contributed by atoms with Crippen molar-refractivity contribution in [3.8, 4) is 5.75 Å². The van der Waals surface area contributed by atoms with E-state index in [0.717, 1.165) is 0 Å². The van der Waals surface area contributed by atoms with Gasteiger partial charge < -0.3 is 16.2 Å². The highest BCUT2D eigenvalue weighted by Crippen LogP contribution is 2.14. The molecule has 1 aromatic rings. The number of aromatic hydroxyl groups is 1. The van der Waals surface area contributed by atoms with Crippen LogP contribution >= 0.6 is 0 Å². The SMILES string of the molecule is CC(C)[C@H](N)C(=O)NCc1ccccc1O. The Balaban J connectivity index is 2.52. The molecule has 1 aromatic carbocycles. The third-order valence-corrected chi connectivity index (χ3v) is 2.47. The van der Waals surface area contributed by atoms with Crippen molar-refractivity contribution in [2.24, 2.45) is 11.7 Å². The minimum Gasteiger partial charge on any atom is -0.508 e. The van der Waals surface area contributed by atoms with Crippen LogP contribution in [-0.4, -0.2) is 17.1 Å². The summed E-state index contributed by atoms with van der Waals surface area (Å²) in [4.78, 5) is 11.6. The molecule has 0 unspecified atom stereocenters. The highest BCUT2D eigenvalue weighted by Gasteiger charge is 2.16. The first-order chi connectivity index (χ1) is 7.52. The van der Waals surface area contributed by atoms with Gasteiger partial charge >= 0.3 is 0 Å². The number of hydrogen-bond donors (Lipinski definition) is 3. The van der Waals surface area contributed by atoms with E-state index in [1.807, 2.05) is 19.9 Å². The summed E-state index contributed by atoms with van der Waals surface area (Å²) in [6.07, 6.45) is 0. The van der Waals surface area contributed by atoms with Crippen molar-refractivity contribution in [3.63, 3.8) is 0 Å². The van der Waals surface area contributed by atoms with Crippen molar-refractivity contribution in [1.82, 2.24) is 5.32 Å². The second-order valence-corrected chi connectivity index (χ2v) is 4.12. The van der Waals surface area contributed by atoms with Gasteiger partial charge in [0, 0.05) is 12.1 Å². The topological polar surface area (TPSA) is 75.4 Å². The van der Waals surface area contributed by atoms with Crippen molar-refractivity contribution in [2.45, 2.75) is 26.4 Å². The monoisotopic (exact) mass is 222 g/mol. The summed E-state index contributed by atoms with van der Waals surface area (Å²) in [5.74, 6) is 0.0866. The number of nitrogens with two attached hydrogens (primary N) is 1. The van der Waals surface area contributed by atoms with E-state index in [9.17, 15) is 9.90 Å². The molecule has 0 aliphatic heterocycles. The fourth-order valence-corrected chi connectivity index (χ4v) is 1.26. The molecule has 1 amide bonds. The number of phenols is 1. The standard InChI is InChI=1S/C12H18N2O2/c1-8(2)11(13)12(16)14-7-9-5-3-4-6-10(9)15/h3-6,8,11,15H,7,13H2,1-2H3,(H,14,16)/t11-/m0/s1. The summed E-state index contributed by atoms with van der Waals surface area (Å²) in [6, 6.07) is 6.38. The maximum absolute atomic E-state index is 11.6. The van der Waals surface area contributed by atoms with E-state index < -0.39 is 6.04 Å². The van der Waals surface area contributed by atoms with Crippen LogP contribution in [0.1, 0.15) is 19.4 Å². The summed E-state index contributed by atoms with van der Waals surface area (Å²) >= 11 is 0. The van der Waals surface area contributed by atoms with E-state index in [1.165, 1.54) is 0 Å². The predicted octanol–water partition coefficient (Wildman–Crippen LogP) is 0.992. The van der Waals surface area contributed by atoms with E-state index in [-0.39, 0.29) is 17.6 Å². The van der Waals surface area contributed by atoms with E-state index in [0.29, 0.717) is 12.1 Å². The van der Waals surface area contributed by atoms with E-state index in [2.05, 4.69) is 5.32 Å². The van der Waals surface area contributed by atoms with Gasteiger partial charge in [0.1, 0.15) is 5.75 Å². The van der Waals surface area contributed by atoms with E-state index in [4.69, 9.17) is 5.73 Å². The molecule has 0 heterocycles. The Morgan fingerprint density at radius 2 is 2.06 bits per heavy atom. The molecular weight excluding hydrogens is 204 g/mol. The molecule has 0 radical (unpaired) electrons. The van der Waals surface area contributed by atoms with Crippen LogP contribution in [0.15, 0.2) is 24.3 Å². The van der Waals surface area contributed by atoms with Gasteiger partial charge in [0.05, 0.1) is 6.04 Å². The van der Waals surface area contributed by atoms with Crippen LogP contribution in [0.2, 0.25) is 0 Å². The number of carbonyl (C=O) groups excluding carboxylic acids is 1. The van der Waals surface area contributed by atoms with Crippen LogP contribution in [0.3, 0.4) is 0 Å². The lowest BCUT2D eigenvalue weighted by molar-refractivity contribution is -0.123. The number of rotatable bonds is 4. The van der Waals surface area contributed by atoms with Crippen LogP contribution in [-0.2, 0) is 11.3 Å². The minimum absolute atomic E-state index is 0.101. The summed E-state index contributed by atoms with van der Waals surface area (Å²) < 4.78 is 0. The fourth-order valence-electron chi connectivity index (χ4n) is 1.26. The first-order valence-electron chi connectivity index (χ1n) is 5.32. The summed E-state index contributed by atoms with van der Waals surface area (Å²) in [5.41, 5.74) is 6.37. The fraction of sp³-hybridized carbons (Fsp3) is 0.417. The van der Waals surface area contributed by atoms with Gasteiger partial charge in [0.25, 0.3) is 0 Å². The number of para-hydroxylation sites is 1. The number of phenolic OH excluding ortho intramolecular Hbond substituents is 1. The Morgan fingerprint density at radius 1 is 1.44 bits per heavy atom. The maximum Gasteiger partial charge on any atom is 0.237 e. The number of amides is 1. The van der Waals surface area contributed by atoms with Gasteiger partial charge in [-0.05, 0) is 12.0 Å². The Bertz CT molecular complexity index is 364. The van der Waals surface area contributed by atoms with Gasteiger partial charge in [-0.2, -0.15) is 0 Å². The van der Waals surface area contributed by atoms with Crippen LogP contribution in [0.25, 0.3) is 0 Å². The summed E-state index contributed by atoms with van der Waals surface area (Å²) in [5, 5.41) is 12.2. The van der Waals surface area contributed by atoms with E-state index >= 15 is 0 Å². The smallest absolute Gasteiger partial charge is 0.237 e. The van der Waals surface area contributed by atoms with Gasteiger partial charge in [0.15, 0.2) is 0 Å².